The Morgan fingerprint density at radius 1 is 1.14 bits per heavy atom. The van der Waals surface area contributed by atoms with E-state index in [2.05, 4.69) is 5.10 Å². The minimum absolute atomic E-state index is 0.0333. The van der Waals surface area contributed by atoms with Crippen LogP contribution in [0.4, 0.5) is 13.2 Å². The normalized spacial score (nSPS) is 17.0. The summed E-state index contributed by atoms with van der Waals surface area (Å²) >= 11 is 0. The molecule has 1 aromatic heterocycles. The number of fused-ring (bicyclic) bond motifs is 1. The highest BCUT2D eigenvalue weighted by atomic mass is 19.4. The van der Waals surface area contributed by atoms with Crippen molar-refractivity contribution in [1.29, 1.82) is 0 Å². The third kappa shape index (κ3) is 4.19. The number of aryl methyl sites for hydroxylation is 1. The second-order valence-electron chi connectivity index (χ2n) is 8.18. The van der Waals surface area contributed by atoms with Crippen molar-refractivity contribution in [3.63, 3.8) is 0 Å². The van der Waals surface area contributed by atoms with Gasteiger partial charge in [0.25, 0.3) is 0 Å². The quantitative estimate of drug-likeness (QED) is 0.738. The van der Waals surface area contributed by atoms with Gasteiger partial charge in [-0.25, -0.2) is 0 Å². The molecule has 1 fully saturated rings. The number of rotatable bonds is 5. The van der Waals surface area contributed by atoms with E-state index in [4.69, 9.17) is 0 Å². The number of carbonyl (C=O) groups excluding carboxylic acids is 1. The van der Waals surface area contributed by atoms with E-state index < -0.39 is 11.7 Å². The predicted octanol–water partition coefficient (Wildman–Crippen LogP) is 4.44. The van der Waals surface area contributed by atoms with Crippen LogP contribution in [0.3, 0.4) is 0 Å². The predicted molar refractivity (Wildman–Crippen MR) is 103 cm³/mol. The molecule has 7 heteroatoms. The van der Waals surface area contributed by atoms with Crippen molar-refractivity contribution in [1.82, 2.24) is 14.7 Å². The molecule has 1 saturated carbocycles. The van der Waals surface area contributed by atoms with Gasteiger partial charge in [0.2, 0.25) is 5.91 Å². The average molecular weight is 405 g/mol. The lowest BCUT2D eigenvalue weighted by atomic mass is 10.1. The van der Waals surface area contributed by atoms with Crippen LogP contribution in [0.2, 0.25) is 0 Å². The van der Waals surface area contributed by atoms with Crippen LogP contribution >= 0.6 is 0 Å². The number of hydrogen-bond donors (Lipinski definition) is 0. The molecule has 156 valence electrons. The minimum Gasteiger partial charge on any atom is -0.333 e. The van der Waals surface area contributed by atoms with E-state index in [0.29, 0.717) is 12.1 Å². The zero-order valence-electron chi connectivity index (χ0n) is 16.6. The molecule has 0 N–H and O–H groups in total. The van der Waals surface area contributed by atoms with Crippen molar-refractivity contribution < 1.29 is 18.0 Å². The zero-order valence-corrected chi connectivity index (χ0v) is 16.6. The second kappa shape index (κ2) is 7.84. The molecule has 2 aliphatic rings. The van der Waals surface area contributed by atoms with Gasteiger partial charge >= 0.3 is 6.18 Å². The highest BCUT2D eigenvalue weighted by Gasteiger charge is 2.31. The smallest absolute Gasteiger partial charge is 0.333 e. The number of carbonyl (C=O) groups is 1. The number of amides is 1. The molecule has 2 aromatic rings. The number of nitrogens with zero attached hydrogens (tertiary/aromatic N) is 3. The summed E-state index contributed by atoms with van der Waals surface area (Å²) in [4.78, 5) is 15.1. The van der Waals surface area contributed by atoms with E-state index in [1.165, 1.54) is 23.4 Å². The summed E-state index contributed by atoms with van der Waals surface area (Å²) < 4.78 is 40.3. The highest BCUT2D eigenvalue weighted by molar-refractivity contribution is 5.79. The Kier molecular flexibility index (Phi) is 5.40. The molecule has 0 radical (unpaired) electrons. The molecule has 0 saturated heterocycles. The maximum Gasteiger partial charge on any atom is 0.416 e. The molecule has 1 heterocycles. The van der Waals surface area contributed by atoms with Crippen LogP contribution in [0.5, 0.6) is 0 Å². The SMILES string of the molecule is Cn1nc(CN(C(=O)Cc2ccc(C(F)(F)F)cc2)C2CCCC2)c2c1CCC2. The fraction of sp³-hybridized carbons (Fsp3) is 0.545. The maximum absolute atomic E-state index is 13.2. The van der Waals surface area contributed by atoms with Gasteiger partial charge in [0.05, 0.1) is 24.2 Å². The fourth-order valence-electron chi connectivity index (χ4n) is 4.71. The molecule has 29 heavy (non-hydrogen) atoms. The molecule has 0 unspecified atom stereocenters. The summed E-state index contributed by atoms with van der Waals surface area (Å²) in [5.41, 5.74) is 3.44. The number of alkyl halides is 3. The Hall–Kier alpha value is -2.31. The largest absolute Gasteiger partial charge is 0.416 e. The third-order valence-corrected chi connectivity index (χ3v) is 6.24. The summed E-state index contributed by atoms with van der Waals surface area (Å²) in [5, 5.41) is 4.67. The lowest BCUT2D eigenvalue weighted by Crippen LogP contribution is -2.39. The summed E-state index contributed by atoms with van der Waals surface area (Å²) in [6.45, 7) is 0.493. The first kappa shape index (κ1) is 20.0. The molecule has 0 aliphatic heterocycles. The van der Waals surface area contributed by atoms with Gasteiger partial charge in [0.1, 0.15) is 0 Å². The molecular formula is C22H26F3N3O. The average Bonchev–Trinajstić information content (AvgIpc) is 3.40. The number of benzene rings is 1. The van der Waals surface area contributed by atoms with Crippen molar-refractivity contribution in [3.8, 4) is 0 Å². The van der Waals surface area contributed by atoms with Gasteiger partial charge in [-0.3, -0.25) is 9.48 Å². The van der Waals surface area contributed by atoms with Gasteiger partial charge in [-0.1, -0.05) is 25.0 Å². The lowest BCUT2D eigenvalue weighted by Gasteiger charge is -2.29. The zero-order chi connectivity index (χ0) is 20.6. The molecule has 0 spiro atoms. The van der Waals surface area contributed by atoms with E-state index >= 15 is 0 Å². The van der Waals surface area contributed by atoms with Crippen molar-refractivity contribution in [3.05, 3.63) is 52.3 Å². The van der Waals surface area contributed by atoms with Gasteiger partial charge in [0, 0.05) is 18.8 Å². The summed E-state index contributed by atoms with van der Waals surface area (Å²) in [5.74, 6) is -0.0333. The molecular weight excluding hydrogens is 379 g/mol. The first-order valence-electron chi connectivity index (χ1n) is 10.3. The van der Waals surface area contributed by atoms with Crippen LogP contribution < -0.4 is 0 Å². The molecule has 4 nitrogen and oxygen atoms in total. The Morgan fingerprint density at radius 3 is 2.48 bits per heavy atom. The molecule has 0 bridgehead atoms. The summed E-state index contributed by atoms with van der Waals surface area (Å²) in [6.07, 6.45) is 3.08. The molecule has 2 aliphatic carbocycles. The summed E-state index contributed by atoms with van der Waals surface area (Å²) in [7, 11) is 1.96. The van der Waals surface area contributed by atoms with Crippen LogP contribution in [-0.4, -0.2) is 26.6 Å². The standard InChI is InChI=1S/C22H26F3N3O/c1-27-20-8-4-7-18(20)19(26-27)14-28(17-5-2-3-6-17)21(29)13-15-9-11-16(12-10-15)22(23,24)25/h9-12,17H,2-8,13-14H2,1H3. The van der Waals surface area contributed by atoms with Crippen LogP contribution in [0.25, 0.3) is 0 Å². The van der Waals surface area contributed by atoms with Crippen LogP contribution in [0.15, 0.2) is 24.3 Å². The van der Waals surface area contributed by atoms with Gasteiger partial charge in [-0.15, -0.1) is 0 Å². The van der Waals surface area contributed by atoms with E-state index in [1.54, 1.807) is 0 Å². The monoisotopic (exact) mass is 405 g/mol. The Bertz CT molecular complexity index is 880. The van der Waals surface area contributed by atoms with Gasteiger partial charge in [-0.2, -0.15) is 18.3 Å². The van der Waals surface area contributed by atoms with Crippen LogP contribution in [0.1, 0.15) is 60.2 Å². The van der Waals surface area contributed by atoms with Gasteiger partial charge in [-0.05, 0) is 55.4 Å². The first-order chi connectivity index (χ1) is 13.8. The van der Waals surface area contributed by atoms with Gasteiger partial charge in [0.15, 0.2) is 0 Å². The number of hydrogen-bond acceptors (Lipinski definition) is 2. The highest BCUT2D eigenvalue weighted by Crippen LogP contribution is 2.31. The summed E-state index contributed by atoms with van der Waals surface area (Å²) in [6, 6.07) is 5.11. The molecule has 1 amide bonds. The lowest BCUT2D eigenvalue weighted by molar-refractivity contribution is -0.137. The van der Waals surface area contributed by atoms with Crippen molar-refractivity contribution >= 4 is 5.91 Å². The number of halogens is 3. The van der Waals surface area contributed by atoms with Crippen LogP contribution in [-0.2, 0) is 43.8 Å². The van der Waals surface area contributed by atoms with Crippen molar-refractivity contribution in [2.45, 2.75) is 70.1 Å². The molecule has 1 aromatic carbocycles. The number of aromatic nitrogens is 2. The van der Waals surface area contributed by atoms with E-state index in [9.17, 15) is 18.0 Å². The first-order valence-corrected chi connectivity index (χ1v) is 10.3. The van der Waals surface area contributed by atoms with Crippen molar-refractivity contribution in [2.24, 2.45) is 7.05 Å². The van der Waals surface area contributed by atoms with E-state index in [1.807, 2.05) is 16.6 Å². The second-order valence-corrected chi connectivity index (χ2v) is 8.18. The Morgan fingerprint density at radius 2 is 1.83 bits per heavy atom. The van der Waals surface area contributed by atoms with Crippen molar-refractivity contribution in [2.75, 3.05) is 0 Å². The Labute approximate surface area is 168 Å². The van der Waals surface area contributed by atoms with E-state index in [-0.39, 0.29) is 18.4 Å². The molecule has 0 atom stereocenters. The van der Waals surface area contributed by atoms with Crippen LogP contribution in [0, 0.1) is 0 Å². The maximum atomic E-state index is 13.2. The Balaban J connectivity index is 1.52. The molecule has 4 rings (SSSR count). The van der Waals surface area contributed by atoms with Gasteiger partial charge < -0.3 is 4.90 Å². The topological polar surface area (TPSA) is 38.1 Å². The third-order valence-electron chi connectivity index (χ3n) is 6.24. The minimum atomic E-state index is -4.36. The van der Waals surface area contributed by atoms with E-state index in [0.717, 1.165) is 62.8 Å². The fourth-order valence-corrected chi connectivity index (χ4v) is 4.71.